The molecule has 2 aromatic heterocycles. The van der Waals surface area contributed by atoms with Gasteiger partial charge in [0.2, 0.25) is 17.6 Å². The predicted molar refractivity (Wildman–Crippen MR) is 123 cm³/mol. The van der Waals surface area contributed by atoms with E-state index in [0.717, 1.165) is 30.5 Å². The van der Waals surface area contributed by atoms with Crippen LogP contribution in [0.3, 0.4) is 0 Å². The molecule has 5 rings (SSSR count). The lowest BCUT2D eigenvalue weighted by atomic mass is 9.88. The minimum absolute atomic E-state index is 0.142. The average molecular weight is 440 g/mol. The molecule has 166 valence electrons. The summed E-state index contributed by atoms with van der Waals surface area (Å²) in [7, 11) is 0. The minimum atomic E-state index is -0.308. The maximum Gasteiger partial charge on any atom is 0.234 e. The molecule has 0 radical (unpaired) electrons. The standard InChI is InChI=1S/C26H25N5O2/c32-26(24(20-9-3-1-4-10-20)21-11-5-2-6-12-21)31-15-7-8-19(18-31)16-23-29-25(30-33-23)22-17-27-13-14-28-22/h1-6,9-14,17,19,24H,7-8,15-16,18H2. The van der Waals surface area contributed by atoms with E-state index >= 15 is 0 Å². The molecule has 1 amide bonds. The fraction of sp³-hybridized carbons (Fsp3) is 0.269. The van der Waals surface area contributed by atoms with Gasteiger partial charge in [0.25, 0.3) is 0 Å². The van der Waals surface area contributed by atoms with Gasteiger partial charge in [0.15, 0.2) is 0 Å². The second-order valence-electron chi connectivity index (χ2n) is 8.35. The highest BCUT2D eigenvalue weighted by Crippen LogP contribution is 2.30. The summed E-state index contributed by atoms with van der Waals surface area (Å²) in [6.07, 6.45) is 7.44. The highest BCUT2D eigenvalue weighted by molar-refractivity contribution is 5.87. The van der Waals surface area contributed by atoms with Gasteiger partial charge < -0.3 is 9.42 Å². The van der Waals surface area contributed by atoms with Crippen LogP contribution >= 0.6 is 0 Å². The average Bonchev–Trinajstić information content (AvgIpc) is 3.35. The van der Waals surface area contributed by atoms with Gasteiger partial charge in [0.05, 0.1) is 12.1 Å². The smallest absolute Gasteiger partial charge is 0.234 e. The van der Waals surface area contributed by atoms with E-state index in [-0.39, 0.29) is 17.7 Å². The second-order valence-corrected chi connectivity index (χ2v) is 8.35. The first kappa shape index (κ1) is 21.0. The highest BCUT2D eigenvalue weighted by atomic mass is 16.5. The molecule has 2 aromatic carbocycles. The molecule has 1 unspecified atom stereocenters. The molecule has 4 aromatic rings. The summed E-state index contributed by atoms with van der Waals surface area (Å²) in [4.78, 5) is 28.5. The van der Waals surface area contributed by atoms with Gasteiger partial charge in [-0.05, 0) is 29.9 Å². The van der Waals surface area contributed by atoms with Gasteiger partial charge in [-0.2, -0.15) is 4.98 Å². The molecule has 0 spiro atoms. The fourth-order valence-corrected chi connectivity index (χ4v) is 4.49. The number of aromatic nitrogens is 4. The maximum atomic E-state index is 13.7. The minimum Gasteiger partial charge on any atom is -0.342 e. The van der Waals surface area contributed by atoms with Crippen LogP contribution < -0.4 is 0 Å². The number of amides is 1. The Morgan fingerprint density at radius 1 is 1.03 bits per heavy atom. The summed E-state index contributed by atoms with van der Waals surface area (Å²) in [5.41, 5.74) is 2.61. The first-order valence-electron chi connectivity index (χ1n) is 11.3. The van der Waals surface area contributed by atoms with E-state index in [1.807, 2.05) is 65.6 Å². The lowest BCUT2D eigenvalue weighted by molar-refractivity contribution is -0.133. The Kier molecular flexibility index (Phi) is 6.19. The van der Waals surface area contributed by atoms with Crippen LogP contribution in [0.15, 0.2) is 83.8 Å². The normalized spacial score (nSPS) is 16.2. The van der Waals surface area contributed by atoms with E-state index in [4.69, 9.17) is 4.52 Å². The summed E-state index contributed by atoms with van der Waals surface area (Å²) in [6.45, 7) is 1.44. The molecule has 0 aliphatic carbocycles. The van der Waals surface area contributed by atoms with Crippen molar-refractivity contribution in [3.8, 4) is 11.5 Å². The highest BCUT2D eigenvalue weighted by Gasteiger charge is 2.31. The van der Waals surface area contributed by atoms with Crippen LogP contribution in [0.2, 0.25) is 0 Å². The van der Waals surface area contributed by atoms with E-state index in [9.17, 15) is 4.79 Å². The zero-order chi connectivity index (χ0) is 22.5. The first-order chi connectivity index (χ1) is 16.3. The number of carbonyl (C=O) groups is 1. The maximum absolute atomic E-state index is 13.7. The SMILES string of the molecule is O=C(C(c1ccccc1)c1ccccc1)N1CCCC(Cc2nc(-c3cnccn3)no2)C1. The molecule has 1 atom stereocenters. The van der Waals surface area contributed by atoms with Crippen molar-refractivity contribution < 1.29 is 9.32 Å². The summed E-state index contributed by atoms with van der Waals surface area (Å²) in [5, 5.41) is 4.04. The van der Waals surface area contributed by atoms with Gasteiger partial charge in [-0.3, -0.25) is 9.78 Å². The molecule has 0 bridgehead atoms. The Morgan fingerprint density at radius 2 is 1.76 bits per heavy atom. The zero-order valence-electron chi connectivity index (χ0n) is 18.2. The number of carbonyl (C=O) groups excluding carboxylic acids is 1. The van der Waals surface area contributed by atoms with E-state index in [1.54, 1.807) is 18.6 Å². The van der Waals surface area contributed by atoms with E-state index in [0.29, 0.717) is 30.4 Å². The Balaban J connectivity index is 1.31. The number of likely N-dealkylation sites (tertiary alicyclic amines) is 1. The van der Waals surface area contributed by atoms with Gasteiger partial charge in [-0.1, -0.05) is 65.8 Å². The lowest BCUT2D eigenvalue weighted by Crippen LogP contribution is -2.43. The summed E-state index contributed by atoms with van der Waals surface area (Å²) in [6, 6.07) is 20.0. The Bertz CT molecular complexity index is 1140. The summed E-state index contributed by atoms with van der Waals surface area (Å²) < 4.78 is 5.47. The molecule has 1 aliphatic rings. The number of benzene rings is 2. The van der Waals surface area contributed by atoms with Gasteiger partial charge in [0, 0.05) is 31.9 Å². The van der Waals surface area contributed by atoms with Crippen LogP contribution in [0.1, 0.15) is 35.8 Å². The van der Waals surface area contributed by atoms with Crippen LogP contribution in [0.5, 0.6) is 0 Å². The third-order valence-electron chi connectivity index (χ3n) is 6.07. The predicted octanol–water partition coefficient (Wildman–Crippen LogP) is 4.14. The molecular weight excluding hydrogens is 414 g/mol. The molecule has 1 saturated heterocycles. The molecule has 0 saturated carbocycles. The molecular formula is C26H25N5O2. The number of rotatable bonds is 6. The Hall–Kier alpha value is -3.87. The third-order valence-corrected chi connectivity index (χ3v) is 6.07. The quantitative estimate of drug-likeness (QED) is 0.449. The molecule has 1 fully saturated rings. The second kappa shape index (κ2) is 9.73. The van der Waals surface area contributed by atoms with Gasteiger partial charge in [-0.25, -0.2) is 4.98 Å². The summed E-state index contributed by atoms with van der Waals surface area (Å²) in [5.74, 6) is 1.11. The Morgan fingerprint density at radius 3 is 2.42 bits per heavy atom. The van der Waals surface area contributed by atoms with Crippen LogP contribution in [0.4, 0.5) is 0 Å². The molecule has 7 nitrogen and oxygen atoms in total. The van der Waals surface area contributed by atoms with Crippen LogP contribution in [-0.2, 0) is 11.2 Å². The lowest BCUT2D eigenvalue weighted by Gasteiger charge is -2.35. The monoisotopic (exact) mass is 439 g/mol. The fourth-order valence-electron chi connectivity index (χ4n) is 4.49. The number of nitrogens with zero attached hydrogens (tertiary/aromatic N) is 5. The van der Waals surface area contributed by atoms with E-state index in [2.05, 4.69) is 20.1 Å². The summed E-state index contributed by atoms with van der Waals surface area (Å²) >= 11 is 0. The largest absolute Gasteiger partial charge is 0.342 e. The van der Waals surface area contributed by atoms with Crippen molar-refractivity contribution >= 4 is 5.91 Å². The molecule has 33 heavy (non-hydrogen) atoms. The van der Waals surface area contributed by atoms with Crippen LogP contribution in [0, 0.1) is 5.92 Å². The molecule has 7 heteroatoms. The first-order valence-corrected chi connectivity index (χ1v) is 11.3. The zero-order valence-corrected chi connectivity index (χ0v) is 18.2. The van der Waals surface area contributed by atoms with E-state index < -0.39 is 0 Å². The van der Waals surface area contributed by atoms with Crippen molar-refractivity contribution in [2.24, 2.45) is 5.92 Å². The van der Waals surface area contributed by atoms with Gasteiger partial charge in [0.1, 0.15) is 5.69 Å². The number of piperidine rings is 1. The van der Waals surface area contributed by atoms with Crippen molar-refractivity contribution in [3.05, 3.63) is 96.3 Å². The van der Waals surface area contributed by atoms with Crippen molar-refractivity contribution in [3.63, 3.8) is 0 Å². The molecule has 1 aliphatic heterocycles. The topological polar surface area (TPSA) is 85.0 Å². The van der Waals surface area contributed by atoms with Gasteiger partial charge >= 0.3 is 0 Å². The van der Waals surface area contributed by atoms with E-state index in [1.165, 1.54) is 0 Å². The van der Waals surface area contributed by atoms with Crippen molar-refractivity contribution in [2.75, 3.05) is 13.1 Å². The number of hydrogen-bond donors (Lipinski definition) is 0. The molecule has 3 heterocycles. The van der Waals surface area contributed by atoms with Crippen LogP contribution in [-0.4, -0.2) is 44.0 Å². The van der Waals surface area contributed by atoms with Gasteiger partial charge in [-0.15, -0.1) is 0 Å². The third kappa shape index (κ3) is 4.82. The Labute approximate surface area is 192 Å². The van der Waals surface area contributed by atoms with Crippen molar-refractivity contribution in [2.45, 2.75) is 25.2 Å². The van der Waals surface area contributed by atoms with Crippen molar-refractivity contribution in [1.82, 2.24) is 25.0 Å². The van der Waals surface area contributed by atoms with Crippen LogP contribution in [0.25, 0.3) is 11.5 Å². The molecule has 0 N–H and O–H groups in total. The van der Waals surface area contributed by atoms with Crippen molar-refractivity contribution in [1.29, 1.82) is 0 Å². The number of hydrogen-bond acceptors (Lipinski definition) is 6.